The van der Waals surface area contributed by atoms with Crippen LogP contribution in [0.15, 0.2) is 36.4 Å². The van der Waals surface area contributed by atoms with Crippen LogP contribution in [-0.2, 0) is 0 Å². The second kappa shape index (κ2) is 5.51. The lowest BCUT2D eigenvalue weighted by atomic mass is 9.98. The van der Waals surface area contributed by atoms with Crippen molar-refractivity contribution in [3.63, 3.8) is 0 Å². The quantitative estimate of drug-likeness (QED) is 0.911. The van der Waals surface area contributed by atoms with Gasteiger partial charge in [0.25, 0.3) is 0 Å². The second-order valence-electron chi connectivity index (χ2n) is 4.46. The zero-order valence-corrected chi connectivity index (χ0v) is 11.6. The number of aryl methyl sites for hydroxylation is 2. The van der Waals surface area contributed by atoms with Gasteiger partial charge in [-0.15, -0.1) is 0 Å². The lowest BCUT2D eigenvalue weighted by Gasteiger charge is -2.18. The molecule has 0 bridgehead atoms. The third kappa shape index (κ3) is 2.89. The minimum absolute atomic E-state index is 0.143. The summed E-state index contributed by atoms with van der Waals surface area (Å²) in [6.45, 7) is 4.03. The molecule has 0 spiro atoms. The molecule has 1 unspecified atom stereocenters. The van der Waals surface area contributed by atoms with Crippen LogP contribution < -0.4 is 5.32 Å². The third-order valence-electron chi connectivity index (χ3n) is 2.91. The Morgan fingerprint density at radius 1 is 1.06 bits per heavy atom. The van der Waals surface area contributed by atoms with Crippen molar-refractivity contribution >= 4 is 11.6 Å². The first-order chi connectivity index (χ1) is 8.60. The lowest BCUT2D eigenvalue weighted by Crippen LogP contribution is -2.18. The molecule has 0 aliphatic heterocycles. The van der Waals surface area contributed by atoms with Crippen LogP contribution in [0.2, 0.25) is 5.02 Å². The van der Waals surface area contributed by atoms with E-state index in [4.69, 9.17) is 11.6 Å². The zero-order chi connectivity index (χ0) is 13.1. The van der Waals surface area contributed by atoms with Gasteiger partial charge in [0, 0.05) is 16.4 Å². The van der Waals surface area contributed by atoms with Crippen LogP contribution in [0.1, 0.15) is 28.6 Å². The Labute approximate surface area is 113 Å². The van der Waals surface area contributed by atoms with Gasteiger partial charge in [-0.3, -0.25) is 4.98 Å². The number of aromatic nitrogens is 1. The summed E-state index contributed by atoms with van der Waals surface area (Å²) in [7, 11) is 1.96. The third-order valence-corrected chi connectivity index (χ3v) is 3.14. The number of benzene rings is 1. The van der Waals surface area contributed by atoms with Crippen LogP contribution in [0.5, 0.6) is 0 Å². The highest BCUT2D eigenvalue weighted by molar-refractivity contribution is 6.30. The summed E-state index contributed by atoms with van der Waals surface area (Å²) in [5.74, 6) is 0. The molecule has 2 nitrogen and oxygen atoms in total. The van der Waals surface area contributed by atoms with Gasteiger partial charge in [0.05, 0.1) is 6.04 Å². The van der Waals surface area contributed by atoms with Gasteiger partial charge in [-0.05, 0) is 56.3 Å². The average molecular weight is 261 g/mol. The Morgan fingerprint density at radius 2 is 1.72 bits per heavy atom. The van der Waals surface area contributed by atoms with Gasteiger partial charge < -0.3 is 5.32 Å². The SMILES string of the molecule is CNC(c1cccc(Cl)c1)c1cc(C)nc(C)c1. The summed E-state index contributed by atoms with van der Waals surface area (Å²) in [5, 5.41) is 4.09. The molecule has 1 atom stereocenters. The first kappa shape index (κ1) is 13.1. The molecule has 94 valence electrons. The van der Waals surface area contributed by atoms with Crippen LogP contribution in [0.3, 0.4) is 0 Å². The monoisotopic (exact) mass is 260 g/mol. The Hall–Kier alpha value is -1.38. The molecule has 1 N–H and O–H groups in total. The molecule has 0 aliphatic rings. The van der Waals surface area contributed by atoms with E-state index >= 15 is 0 Å². The first-order valence-electron chi connectivity index (χ1n) is 5.98. The van der Waals surface area contributed by atoms with E-state index in [9.17, 15) is 0 Å². The van der Waals surface area contributed by atoms with Crippen LogP contribution in [-0.4, -0.2) is 12.0 Å². The van der Waals surface area contributed by atoms with Gasteiger partial charge in [0.2, 0.25) is 0 Å². The van der Waals surface area contributed by atoms with E-state index in [0.717, 1.165) is 22.0 Å². The predicted octanol–water partition coefficient (Wildman–Crippen LogP) is 3.66. The molecule has 2 rings (SSSR count). The van der Waals surface area contributed by atoms with E-state index in [-0.39, 0.29) is 6.04 Å². The predicted molar refractivity (Wildman–Crippen MR) is 76.1 cm³/mol. The minimum atomic E-state index is 0.143. The second-order valence-corrected chi connectivity index (χ2v) is 4.90. The van der Waals surface area contributed by atoms with E-state index in [0.29, 0.717) is 0 Å². The van der Waals surface area contributed by atoms with Gasteiger partial charge >= 0.3 is 0 Å². The van der Waals surface area contributed by atoms with Crippen molar-refractivity contribution in [2.24, 2.45) is 0 Å². The maximum atomic E-state index is 6.06. The Bertz CT molecular complexity index is 532. The highest BCUT2D eigenvalue weighted by Gasteiger charge is 2.13. The fourth-order valence-corrected chi connectivity index (χ4v) is 2.44. The number of halogens is 1. The summed E-state index contributed by atoms with van der Waals surface area (Å²) in [5.41, 5.74) is 4.44. The molecular weight excluding hydrogens is 244 g/mol. The van der Waals surface area contributed by atoms with Gasteiger partial charge in [-0.2, -0.15) is 0 Å². The van der Waals surface area contributed by atoms with Crippen LogP contribution in [0.4, 0.5) is 0 Å². The molecule has 1 aromatic carbocycles. The van der Waals surface area contributed by atoms with Crippen molar-refractivity contribution in [2.75, 3.05) is 7.05 Å². The van der Waals surface area contributed by atoms with Gasteiger partial charge in [0.1, 0.15) is 0 Å². The van der Waals surface area contributed by atoms with Crippen molar-refractivity contribution in [3.8, 4) is 0 Å². The molecule has 0 aliphatic carbocycles. The van der Waals surface area contributed by atoms with Crippen LogP contribution >= 0.6 is 11.6 Å². The molecular formula is C15H17ClN2. The maximum Gasteiger partial charge on any atom is 0.0576 e. The van der Waals surface area contributed by atoms with Crippen molar-refractivity contribution in [2.45, 2.75) is 19.9 Å². The van der Waals surface area contributed by atoms with Crippen LogP contribution in [0.25, 0.3) is 0 Å². The Balaban J connectivity index is 2.45. The van der Waals surface area contributed by atoms with Gasteiger partial charge in [0.15, 0.2) is 0 Å². The number of rotatable bonds is 3. The van der Waals surface area contributed by atoms with Crippen molar-refractivity contribution in [1.29, 1.82) is 0 Å². The number of hydrogen-bond donors (Lipinski definition) is 1. The molecule has 2 aromatic rings. The Morgan fingerprint density at radius 3 is 2.28 bits per heavy atom. The zero-order valence-electron chi connectivity index (χ0n) is 10.9. The normalized spacial score (nSPS) is 12.4. The smallest absolute Gasteiger partial charge is 0.0576 e. The molecule has 3 heteroatoms. The van der Waals surface area contributed by atoms with E-state index < -0.39 is 0 Å². The summed E-state index contributed by atoms with van der Waals surface area (Å²) in [4.78, 5) is 4.41. The fourth-order valence-electron chi connectivity index (χ4n) is 2.25. The summed E-state index contributed by atoms with van der Waals surface area (Å²) >= 11 is 6.06. The maximum absolute atomic E-state index is 6.06. The summed E-state index contributed by atoms with van der Waals surface area (Å²) in [6, 6.07) is 12.3. The van der Waals surface area contributed by atoms with E-state index in [1.165, 1.54) is 5.56 Å². The summed E-state index contributed by atoms with van der Waals surface area (Å²) in [6.07, 6.45) is 0. The minimum Gasteiger partial charge on any atom is -0.309 e. The highest BCUT2D eigenvalue weighted by Crippen LogP contribution is 2.24. The highest BCUT2D eigenvalue weighted by atomic mass is 35.5. The lowest BCUT2D eigenvalue weighted by molar-refractivity contribution is 0.688. The molecule has 1 aromatic heterocycles. The van der Waals surface area contributed by atoms with E-state index in [2.05, 4.69) is 28.5 Å². The van der Waals surface area contributed by atoms with Gasteiger partial charge in [-0.25, -0.2) is 0 Å². The molecule has 0 radical (unpaired) electrons. The number of pyridine rings is 1. The average Bonchev–Trinajstić information content (AvgIpc) is 2.28. The Kier molecular flexibility index (Phi) is 4.00. The number of nitrogens with zero attached hydrogens (tertiary/aromatic N) is 1. The first-order valence-corrected chi connectivity index (χ1v) is 6.36. The van der Waals surface area contributed by atoms with Gasteiger partial charge in [-0.1, -0.05) is 23.7 Å². The standard InChI is InChI=1S/C15H17ClN2/c1-10-7-13(8-11(2)18-10)15(17-3)12-5-4-6-14(16)9-12/h4-9,15,17H,1-3H3. The van der Waals surface area contributed by atoms with E-state index in [1.54, 1.807) is 0 Å². The number of nitrogens with one attached hydrogen (secondary N) is 1. The molecule has 0 saturated heterocycles. The number of hydrogen-bond acceptors (Lipinski definition) is 2. The largest absolute Gasteiger partial charge is 0.309 e. The molecule has 0 saturated carbocycles. The molecule has 18 heavy (non-hydrogen) atoms. The summed E-state index contributed by atoms with van der Waals surface area (Å²) < 4.78 is 0. The van der Waals surface area contributed by atoms with E-state index in [1.807, 2.05) is 39.1 Å². The van der Waals surface area contributed by atoms with Crippen LogP contribution in [0, 0.1) is 13.8 Å². The van der Waals surface area contributed by atoms with Crippen molar-refractivity contribution in [3.05, 3.63) is 63.9 Å². The topological polar surface area (TPSA) is 24.9 Å². The molecule has 0 fully saturated rings. The fraction of sp³-hybridized carbons (Fsp3) is 0.267. The van der Waals surface area contributed by atoms with Crippen molar-refractivity contribution < 1.29 is 0 Å². The molecule has 0 amide bonds. The van der Waals surface area contributed by atoms with Crippen molar-refractivity contribution in [1.82, 2.24) is 10.3 Å². The molecule has 1 heterocycles.